The molecule has 20 heavy (non-hydrogen) atoms. The van der Waals surface area contributed by atoms with E-state index < -0.39 is 10.2 Å². The van der Waals surface area contributed by atoms with Gasteiger partial charge in [0.2, 0.25) is 0 Å². The molecule has 2 heterocycles. The fraction of sp³-hybridized carbons (Fsp3) is 0.750. The lowest BCUT2D eigenvalue weighted by atomic mass is 10.4. The van der Waals surface area contributed by atoms with Crippen LogP contribution < -0.4 is 5.32 Å². The van der Waals surface area contributed by atoms with Crippen molar-refractivity contribution in [2.75, 3.05) is 33.2 Å². The minimum atomic E-state index is -3.38. The molecule has 1 aliphatic heterocycles. The number of fused-ring (bicyclic) bond motifs is 1. The second-order valence-electron chi connectivity index (χ2n) is 4.91. The van der Waals surface area contributed by atoms with Crippen LogP contribution in [0.4, 0.5) is 0 Å². The number of rotatable bonds is 7. The molecule has 0 fully saturated rings. The van der Waals surface area contributed by atoms with Crippen LogP contribution in [0.3, 0.4) is 0 Å². The van der Waals surface area contributed by atoms with Gasteiger partial charge in [-0.25, -0.2) is 4.98 Å². The van der Waals surface area contributed by atoms with Crippen molar-refractivity contribution in [3.8, 4) is 0 Å². The van der Waals surface area contributed by atoms with Crippen LogP contribution in [0.25, 0.3) is 0 Å². The highest BCUT2D eigenvalue weighted by molar-refractivity contribution is 7.86. The Labute approximate surface area is 120 Å². The van der Waals surface area contributed by atoms with E-state index in [2.05, 4.69) is 10.3 Å². The van der Waals surface area contributed by atoms with Crippen LogP contribution in [0, 0.1) is 0 Å². The van der Waals surface area contributed by atoms with Gasteiger partial charge < -0.3 is 9.88 Å². The normalized spacial score (nSPS) is 16.6. The molecule has 7 nitrogen and oxygen atoms in total. The summed E-state index contributed by atoms with van der Waals surface area (Å²) >= 11 is 0. The molecule has 0 spiro atoms. The lowest BCUT2D eigenvalue weighted by Crippen LogP contribution is -2.46. The Morgan fingerprint density at radius 3 is 3.00 bits per heavy atom. The van der Waals surface area contributed by atoms with Gasteiger partial charge in [-0.2, -0.15) is 17.0 Å². The zero-order valence-corrected chi connectivity index (χ0v) is 12.9. The highest BCUT2D eigenvalue weighted by Gasteiger charge is 2.30. The van der Waals surface area contributed by atoms with Crippen molar-refractivity contribution in [2.24, 2.45) is 0 Å². The summed E-state index contributed by atoms with van der Waals surface area (Å²) in [5.41, 5.74) is 0. The van der Waals surface area contributed by atoms with Gasteiger partial charge in [-0.1, -0.05) is 6.92 Å². The first kappa shape index (κ1) is 15.4. The third-order valence-electron chi connectivity index (χ3n) is 3.51. The first-order valence-electron chi connectivity index (χ1n) is 6.98. The molecule has 0 unspecified atom stereocenters. The van der Waals surface area contributed by atoms with Gasteiger partial charge in [0, 0.05) is 39.1 Å². The summed E-state index contributed by atoms with van der Waals surface area (Å²) in [6, 6.07) is 0. The Hall–Kier alpha value is -0.960. The topological polar surface area (TPSA) is 70.5 Å². The van der Waals surface area contributed by atoms with E-state index in [1.54, 1.807) is 13.2 Å². The Bertz CT molecular complexity index is 528. The van der Waals surface area contributed by atoms with Gasteiger partial charge in [-0.3, -0.25) is 0 Å². The molecule has 0 aliphatic carbocycles. The van der Waals surface area contributed by atoms with E-state index in [0.29, 0.717) is 26.2 Å². The van der Waals surface area contributed by atoms with E-state index in [9.17, 15) is 8.42 Å². The van der Waals surface area contributed by atoms with E-state index >= 15 is 0 Å². The number of imidazole rings is 1. The first-order valence-corrected chi connectivity index (χ1v) is 8.37. The van der Waals surface area contributed by atoms with Gasteiger partial charge in [0.25, 0.3) is 10.2 Å². The molecule has 0 bridgehead atoms. The fourth-order valence-corrected chi connectivity index (χ4v) is 3.61. The second-order valence-corrected chi connectivity index (χ2v) is 6.94. The van der Waals surface area contributed by atoms with Gasteiger partial charge in [-0.15, -0.1) is 0 Å². The molecular formula is C12H23N5O2S. The van der Waals surface area contributed by atoms with Crippen LogP contribution in [-0.4, -0.2) is 59.8 Å². The van der Waals surface area contributed by atoms with E-state index in [-0.39, 0.29) is 0 Å². The van der Waals surface area contributed by atoms with Crippen molar-refractivity contribution in [1.29, 1.82) is 0 Å². The minimum Gasteiger partial charge on any atom is -0.333 e. The summed E-state index contributed by atoms with van der Waals surface area (Å²) in [6.45, 7) is 5.83. The predicted molar refractivity (Wildman–Crippen MR) is 77.3 cm³/mol. The van der Waals surface area contributed by atoms with Gasteiger partial charge in [-0.05, 0) is 19.5 Å². The van der Waals surface area contributed by atoms with Crippen LogP contribution in [0.1, 0.15) is 19.2 Å². The van der Waals surface area contributed by atoms with E-state index in [0.717, 1.165) is 25.3 Å². The summed E-state index contributed by atoms with van der Waals surface area (Å²) in [6.07, 6.45) is 4.41. The minimum absolute atomic E-state index is 0.354. The molecule has 1 aromatic rings. The van der Waals surface area contributed by atoms with Crippen LogP contribution in [-0.2, 0) is 23.3 Å². The van der Waals surface area contributed by atoms with E-state index in [4.69, 9.17) is 0 Å². The lowest BCUT2D eigenvalue weighted by Gasteiger charge is -2.30. The number of aromatic nitrogens is 2. The van der Waals surface area contributed by atoms with Crippen molar-refractivity contribution in [3.63, 3.8) is 0 Å². The van der Waals surface area contributed by atoms with E-state index in [1.807, 2.05) is 17.7 Å². The molecule has 0 aromatic carbocycles. The Kier molecular flexibility index (Phi) is 5.14. The SMILES string of the molecule is CCNCCCN(C)S(=O)(=O)N1CCn2ccnc2C1. The molecule has 1 N–H and O–H groups in total. The van der Waals surface area contributed by atoms with Crippen LogP contribution in [0.2, 0.25) is 0 Å². The van der Waals surface area contributed by atoms with Gasteiger partial charge >= 0.3 is 0 Å². The molecule has 1 aliphatic rings. The molecule has 0 saturated carbocycles. The van der Waals surface area contributed by atoms with Gasteiger partial charge in [0.15, 0.2) is 0 Å². The van der Waals surface area contributed by atoms with E-state index in [1.165, 1.54) is 8.61 Å². The van der Waals surface area contributed by atoms with Gasteiger partial charge in [0.1, 0.15) is 5.82 Å². The van der Waals surface area contributed by atoms with Crippen LogP contribution in [0.15, 0.2) is 12.4 Å². The fourth-order valence-electron chi connectivity index (χ4n) is 2.26. The molecule has 1 aromatic heterocycles. The lowest BCUT2D eigenvalue weighted by molar-refractivity contribution is 0.305. The maximum atomic E-state index is 12.5. The van der Waals surface area contributed by atoms with Crippen molar-refractivity contribution >= 4 is 10.2 Å². The quantitative estimate of drug-likeness (QED) is 0.713. The maximum Gasteiger partial charge on any atom is 0.282 e. The van der Waals surface area contributed by atoms with Gasteiger partial charge in [0.05, 0.1) is 6.54 Å². The summed E-state index contributed by atoms with van der Waals surface area (Å²) < 4.78 is 29.9. The monoisotopic (exact) mass is 301 g/mol. The Balaban J connectivity index is 1.93. The molecular weight excluding hydrogens is 278 g/mol. The molecule has 0 atom stereocenters. The average molecular weight is 301 g/mol. The summed E-state index contributed by atoms with van der Waals surface area (Å²) in [5, 5.41) is 3.20. The van der Waals surface area contributed by atoms with Crippen molar-refractivity contribution in [2.45, 2.75) is 26.4 Å². The maximum absolute atomic E-state index is 12.5. The Morgan fingerprint density at radius 2 is 2.25 bits per heavy atom. The standard InChI is InChI=1S/C12H23N5O2S/c1-3-13-5-4-7-15(2)20(18,19)17-10-9-16-8-6-14-12(16)11-17/h6,8,13H,3-5,7,9-11H2,1-2H3. The number of hydrogen-bond acceptors (Lipinski definition) is 4. The summed E-state index contributed by atoms with van der Waals surface area (Å²) in [7, 11) is -1.74. The molecule has 0 saturated heterocycles. The summed E-state index contributed by atoms with van der Waals surface area (Å²) in [4.78, 5) is 4.19. The highest BCUT2D eigenvalue weighted by atomic mass is 32.2. The number of nitrogens with zero attached hydrogens (tertiary/aromatic N) is 4. The first-order chi connectivity index (χ1) is 9.55. The molecule has 8 heteroatoms. The molecule has 0 radical (unpaired) electrons. The molecule has 0 amide bonds. The second kappa shape index (κ2) is 6.66. The van der Waals surface area contributed by atoms with Crippen molar-refractivity contribution in [1.82, 2.24) is 23.5 Å². The summed E-state index contributed by atoms with van der Waals surface area (Å²) in [5.74, 6) is 0.806. The average Bonchev–Trinajstić information content (AvgIpc) is 2.90. The Morgan fingerprint density at radius 1 is 1.45 bits per heavy atom. The number of nitrogens with one attached hydrogen (secondary N) is 1. The third-order valence-corrected chi connectivity index (χ3v) is 5.44. The third kappa shape index (κ3) is 3.38. The smallest absolute Gasteiger partial charge is 0.282 e. The van der Waals surface area contributed by atoms with Crippen molar-refractivity contribution in [3.05, 3.63) is 18.2 Å². The zero-order valence-electron chi connectivity index (χ0n) is 12.1. The van der Waals surface area contributed by atoms with Crippen molar-refractivity contribution < 1.29 is 8.42 Å². The molecule has 114 valence electrons. The molecule has 2 rings (SSSR count). The van der Waals surface area contributed by atoms with Crippen LogP contribution >= 0.6 is 0 Å². The zero-order chi connectivity index (χ0) is 14.6. The van der Waals surface area contributed by atoms with Crippen LogP contribution in [0.5, 0.6) is 0 Å². The number of hydrogen-bond donors (Lipinski definition) is 1. The highest BCUT2D eigenvalue weighted by Crippen LogP contribution is 2.16. The predicted octanol–water partition coefficient (Wildman–Crippen LogP) is -0.125. The largest absolute Gasteiger partial charge is 0.333 e.